The fourth-order valence-electron chi connectivity index (χ4n) is 7.85. The van der Waals surface area contributed by atoms with Crippen LogP contribution in [0.25, 0.3) is 93.2 Å². The highest BCUT2D eigenvalue weighted by Gasteiger charge is 2.15. The fourth-order valence-corrected chi connectivity index (χ4v) is 7.85. The van der Waals surface area contributed by atoms with Gasteiger partial charge in [-0.15, -0.1) is 0 Å². The van der Waals surface area contributed by atoms with Crippen molar-refractivity contribution >= 4 is 54.1 Å². The van der Waals surface area contributed by atoms with Crippen LogP contribution in [0.5, 0.6) is 0 Å². The molecule has 0 unspecified atom stereocenters. The molecule has 0 atom stereocenters. The number of fused-ring (bicyclic) bond motifs is 9. The van der Waals surface area contributed by atoms with Crippen molar-refractivity contribution in [2.45, 2.75) is 0 Å². The van der Waals surface area contributed by atoms with Crippen LogP contribution in [0.4, 0.5) is 0 Å². The maximum absolute atomic E-state index is 2.41. The molecular formula is C48H31N. The van der Waals surface area contributed by atoms with Gasteiger partial charge in [-0.1, -0.05) is 152 Å². The number of para-hydroxylation sites is 2. The van der Waals surface area contributed by atoms with E-state index in [-0.39, 0.29) is 0 Å². The summed E-state index contributed by atoms with van der Waals surface area (Å²) >= 11 is 0. The number of hydrogen-bond acceptors (Lipinski definition) is 0. The first-order valence-electron chi connectivity index (χ1n) is 16.9. The molecule has 49 heavy (non-hydrogen) atoms. The maximum Gasteiger partial charge on any atom is 0.0541 e. The summed E-state index contributed by atoms with van der Waals surface area (Å²) in [5, 5.41) is 10.3. The number of nitrogens with zero attached hydrogens (tertiary/aromatic N) is 1. The normalized spacial score (nSPS) is 11.7. The topological polar surface area (TPSA) is 4.93 Å². The summed E-state index contributed by atoms with van der Waals surface area (Å²) in [6.45, 7) is 0. The van der Waals surface area contributed by atoms with Crippen molar-refractivity contribution in [3.05, 3.63) is 188 Å². The molecule has 1 heteroatoms. The highest BCUT2D eigenvalue weighted by atomic mass is 15.0. The van der Waals surface area contributed by atoms with Crippen LogP contribution in [-0.4, -0.2) is 4.57 Å². The molecule has 0 radical (unpaired) electrons. The van der Waals surface area contributed by atoms with Crippen LogP contribution in [0.15, 0.2) is 188 Å². The first kappa shape index (κ1) is 27.7. The molecule has 0 N–H and O–H groups in total. The average Bonchev–Trinajstić information content (AvgIpc) is 3.52. The zero-order valence-corrected chi connectivity index (χ0v) is 26.8. The largest absolute Gasteiger partial charge is 0.309 e. The van der Waals surface area contributed by atoms with Crippen LogP contribution >= 0.6 is 0 Å². The Bertz CT molecular complexity index is 2770. The van der Waals surface area contributed by atoms with E-state index in [4.69, 9.17) is 0 Å². The van der Waals surface area contributed by atoms with Crippen molar-refractivity contribution in [3.8, 4) is 39.1 Å². The van der Waals surface area contributed by atoms with Crippen LogP contribution < -0.4 is 0 Å². The Hall–Kier alpha value is -6.44. The number of benzene rings is 9. The summed E-state index contributed by atoms with van der Waals surface area (Å²) in [4.78, 5) is 0. The van der Waals surface area contributed by atoms with E-state index in [1.807, 2.05) is 0 Å². The Kier molecular flexibility index (Phi) is 6.25. The molecule has 0 fully saturated rings. The van der Waals surface area contributed by atoms with Crippen LogP contribution in [0.2, 0.25) is 0 Å². The van der Waals surface area contributed by atoms with Gasteiger partial charge in [0.2, 0.25) is 0 Å². The molecule has 10 rings (SSSR count). The Labute approximate surface area is 284 Å². The molecule has 0 saturated heterocycles. The second-order valence-electron chi connectivity index (χ2n) is 12.9. The van der Waals surface area contributed by atoms with Gasteiger partial charge < -0.3 is 4.57 Å². The molecule has 0 bridgehead atoms. The van der Waals surface area contributed by atoms with E-state index >= 15 is 0 Å². The lowest BCUT2D eigenvalue weighted by molar-refractivity contribution is 1.18. The van der Waals surface area contributed by atoms with E-state index in [0.29, 0.717) is 0 Å². The van der Waals surface area contributed by atoms with E-state index in [1.165, 1.54) is 87.5 Å². The predicted octanol–water partition coefficient (Wildman–Crippen LogP) is 13.2. The first-order chi connectivity index (χ1) is 24.3. The summed E-state index contributed by atoms with van der Waals surface area (Å²) in [7, 11) is 0. The highest BCUT2D eigenvalue weighted by Crippen LogP contribution is 2.39. The van der Waals surface area contributed by atoms with Crippen molar-refractivity contribution in [2.24, 2.45) is 0 Å². The van der Waals surface area contributed by atoms with Gasteiger partial charge in [0.05, 0.1) is 11.0 Å². The van der Waals surface area contributed by atoms with Crippen LogP contribution in [-0.2, 0) is 0 Å². The van der Waals surface area contributed by atoms with Gasteiger partial charge in [-0.2, -0.15) is 0 Å². The molecule has 0 aliphatic carbocycles. The van der Waals surface area contributed by atoms with E-state index in [1.54, 1.807) is 0 Å². The van der Waals surface area contributed by atoms with Crippen molar-refractivity contribution in [2.75, 3.05) is 0 Å². The van der Waals surface area contributed by atoms with Gasteiger partial charge in [-0.3, -0.25) is 0 Å². The van der Waals surface area contributed by atoms with E-state index in [0.717, 1.165) is 5.69 Å². The average molecular weight is 622 g/mol. The van der Waals surface area contributed by atoms with Crippen LogP contribution in [0.1, 0.15) is 0 Å². The molecule has 0 amide bonds. The lowest BCUT2D eigenvalue weighted by Crippen LogP contribution is -1.96. The Morgan fingerprint density at radius 1 is 0.224 bits per heavy atom. The van der Waals surface area contributed by atoms with Gasteiger partial charge in [0.25, 0.3) is 0 Å². The van der Waals surface area contributed by atoms with Gasteiger partial charge in [0.1, 0.15) is 0 Å². The predicted molar refractivity (Wildman–Crippen MR) is 210 cm³/mol. The third kappa shape index (κ3) is 4.47. The minimum atomic E-state index is 1.16. The number of hydrogen-bond donors (Lipinski definition) is 0. The lowest BCUT2D eigenvalue weighted by atomic mass is 9.91. The highest BCUT2D eigenvalue weighted by molar-refractivity contribution is 6.25. The molecule has 1 nitrogen and oxygen atoms in total. The molecule has 0 saturated carbocycles. The quantitative estimate of drug-likeness (QED) is 0.172. The Morgan fingerprint density at radius 3 is 1.16 bits per heavy atom. The molecule has 0 aliphatic rings. The Morgan fingerprint density at radius 2 is 0.612 bits per heavy atom. The van der Waals surface area contributed by atoms with Crippen molar-refractivity contribution in [3.63, 3.8) is 0 Å². The molecular weight excluding hydrogens is 591 g/mol. The number of rotatable bonds is 4. The summed E-state index contributed by atoms with van der Waals surface area (Å²) in [6.07, 6.45) is 0. The van der Waals surface area contributed by atoms with Crippen molar-refractivity contribution in [1.29, 1.82) is 0 Å². The van der Waals surface area contributed by atoms with Gasteiger partial charge in [-0.25, -0.2) is 0 Å². The second kappa shape index (κ2) is 11.1. The van der Waals surface area contributed by atoms with Gasteiger partial charge in [0, 0.05) is 16.5 Å². The number of aromatic nitrogens is 1. The van der Waals surface area contributed by atoms with Crippen LogP contribution in [0.3, 0.4) is 0 Å². The third-order valence-corrected chi connectivity index (χ3v) is 10.2. The third-order valence-electron chi connectivity index (χ3n) is 10.2. The molecule has 9 aromatic carbocycles. The van der Waals surface area contributed by atoms with E-state index in [2.05, 4.69) is 193 Å². The smallest absolute Gasteiger partial charge is 0.0541 e. The standard InChI is InChI=1S/C48H31N/c1-2-12-32(13-3-1)36-28-37(30-38(29-36)49-47-20-10-8-18-44(47)45-19-9-11-21-48(45)49)34-24-22-33(23-25-34)35-26-27-43-41-16-5-4-14-39(41)40-15-6-7-17-42(40)46(43)31-35/h1-31H. The van der Waals surface area contributed by atoms with Gasteiger partial charge in [-0.05, 0) is 102 Å². The van der Waals surface area contributed by atoms with E-state index < -0.39 is 0 Å². The SMILES string of the molecule is c1ccc(-c2cc(-c3ccc(-c4ccc5c6ccccc6c6ccccc6c5c4)cc3)cc(-n3c4ccccc4c4ccccc43)c2)cc1. The van der Waals surface area contributed by atoms with E-state index in [9.17, 15) is 0 Å². The minimum Gasteiger partial charge on any atom is -0.309 e. The molecule has 1 aromatic heterocycles. The monoisotopic (exact) mass is 621 g/mol. The van der Waals surface area contributed by atoms with Crippen molar-refractivity contribution < 1.29 is 0 Å². The van der Waals surface area contributed by atoms with Crippen LogP contribution in [0, 0.1) is 0 Å². The second-order valence-corrected chi connectivity index (χ2v) is 12.9. The zero-order chi connectivity index (χ0) is 32.3. The molecule has 0 aliphatic heterocycles. The molecule has 1 heterocycles. The summed E-state index contributed by atoms with van der Waals surface area (Å²) in [5.74, 6) is 0. The first-order valence-corrected chi connectivity index (χ1v) is 16.9. The van der Waals surface area contributed by atoms with Gasteiger partial charge >= 0.3 is 0 Å². The Balaban J connectivity index is 1.12. The fraction of sp³-hybridized carbons (Fsp3) is 0. The summed E-state index contributed by atoms with van der Waals surface area (Å²) in [6, 6.07) is 68.8. The summed E-state index contributed by atoms with van der Waals surface area (Å²) in [5.41, 5.74) is 10.8. The van der Waals surface area contributed by atoms with Gasteiger partial charge in [0.15, 0.2) is 0 Å². The van der Waals surface area contributed by atoms with Crippen molar-refractivity contribution in [1.82, 2.24) is 4.57 Å². The molecule has 228 valence electrons. The lowest BCUT2D eigenvalue weighted by Gasteiger charge is -2.15. The molecule has 10 aromatic rings. The summed E-state index contributed by atoms with van der Waals surface area (Å²) < 4.78 is 2.41. The minimum absolute atomic E-state index is 1.16. The molecule has 0 spiro atoms. The zero-order valence-electron chi connectivity index (χ0n) is 26.8. The maximum atomic E-state index is 2.41.